The molecule has 2 aliphatic rings. The molecule has 0 amide bonds. The van der Waals surface area contributed by atoms with Gasteiger partial charge in [-0.1, -0.05) is 34.8 Å². The summed E-state index contributed by atoms with van der Waals surface area (Å²) in [5.41, 5.74) is 0. The second-order valence-corrected chi connectivity index (χ2v) is 5.60. The first-order valence-corrected chi connectivity index (χ1v) is 5.16. The van der Waals surface area contributed by atoms with Crippen LogP contribution in [-0.2, 0) is 9.53 Å². The van der Waals surface area contributed by atoms with Gasteiger partial charge < -0.3 is 4.74 Å². The van der Waals surface area contributed by atoms with Crippen LogP contribution in [0.4, 0.5) is 0 Å². The Morgan fingerprint density at radius 3 is 2.77 bits per heavy atom. The van der Waals surface area contributed by atoms with Crippen molar-refractivity contribution in [2.24, 2.45) is 0 Å². The molecule has 0 radical (unpaired) electrons. The topological polar surface area (TPSA) is 29.5 Å². The second-order valence-electron chi connectivity index (χ2n) is 3.23. The molecule has 0 aromatic rings. The van der Waals surface area contributed by atoms with Gasteiger partial charge in [0.1, 0.15) is 6.04 Å². The third-order valence-corrected chi connectivity index (χ3v) is 2.94. The van der Waals surface area contributed by atoms with E-state index < -0.39 is 10.0 Å². The molecule has 6 heteroatoms. The molecule has 0 bridgehead atoms. The maximum Gasteiger partial charge on any atom is 0.325 e. The molecule has 74 valence electrons. The van der Waals surface area contributed by atoms with Crippen molar-refractivity contribution in [1.29, 1.82) is 0 Å². The van der Waals surface area contributed by atoms with Gasteiger partial charge in [0.15, 0.2) is 0 Å². The first-order chi connectivity index (χ1) is 6.00. The molecule has 2 atom stereocenters. The van der Waals surface area contributed by atoms with Crippen LogP contribution >= 0.6 is 34.8 Å². The van der Waals surface area contributed by atoms with Crippen LogP contribution in [0.3, 0.4) is 0 Å². The highest BCUT2D eigenvalue weighted by atomic mass is 35.6. The van der Waals surface area contributed by atoms with E-state index in [1.165, 1.54) is 0 Å². The third kappa shape index (κ3) is 1.63. The number of carbonyl (C=O) groups excluding carboxylic acids is 1. The van der Waals surface area contributed by atoms with Crippen molar-refractivity contribution in [3.05, 3.63) is 0 Å². The summed E-state index contributed by atoms with van der Waals surface area (Å²) in [4.78, 5) is 13.1. The van der Waals surface area contributed by atoms with Gasteiger partial charge in [-0.05, 0) is 12.8 Å². The third-order valence-electron chi connectivity index (χ3n) is 2.38. The lowest BCUT2D eigenvalue weighted by Gasteiger charge is -2.25. The highest BCUT2D eigenvalue weighted by molar-refractivity contribution is 6.68. The first kappa shape index (κ1) is 9.84. The number of hydrogen-bond acceptors (Lipinski definition) is 3. The number of esters is 1. The number of hydrogen-bond donors (Lipinski definition) is 0. The molecule has 2 fully saturated rings. The second kappa shape index (κ2) is 3.16. The Bertz CT molecular complexity index is 240. The first-order valence-electron chi connectivity index (χ1n) is 4.03. The largest absolute Gasteiger partial charge is 0.440 e. The fourth-order valence-corrected chi connectivity index (χ4v) is 2.34. The maximum atomic E-state index is 11.3. The number of nitrogens with zero attached hydrogens (tertiary/aromatic N) is 1. The van der Waals surface area contributed by atoms with Gasteiger partial charge in [-0.15, -0.1) is 0 Å². The molecule has 0 saturated carbocycles. The Morgan fingerprint density at radius 1 is 1.46 bits per heavy atom. The summed E-state index contributed by atoms with van der Waals surface area (Å²) in [6.45, 7) is 0.759. The van der Waals surface area contributed by atoms with Gasteiger partial charge in [0.25, 0.3) is 0 Å². The molecule has 2 rings (SSSR count). The smallest absolute Gasteiger partial charge is 0.325 e. The maximum absolute atomic E-state index is 11.3. The number of carbonyl (C=O) groups is 1. The van der Waals surface area contributed by atoms with Crippen LogP contribution in [0, 0.1) is 0 Å². The van der Waals surface area contributed by atoms with Crippen LogP contribution in [0.5, 0.6) is 0 Å². The molecule has 13 heavy (non-hydrogen) atoms. The predicted molar refractivity (Wildman–Crippen MR) is 49.9 cm³/mol. The molecule has 0 N–H and O–H groups in total. The molecule has 0 aliphatic carbocycles. The molecule has 0 aromatic carbocycles. The zero-order valence-electron chi connectivity index (χ0n) is 6.67. The van der Waals surface area contributed by atoms with Gasteiger partial charge in [-0.3, -0.25) is 9.69 Å². The fraction of sp³-hybridized carbons (Fsp3) is 0.857. The zero-order chi connectivity index (χ0) is 9.64. The average Bonchev–Trinajstić information content (AvgIpc) is 2.51. The zero-order valence-corrected chi connectivity index (χ0v) is 8.94. The minimum absolute atomic E-state index is 0.194. The van der Waals surface area contributed by atoms with Crippen molar-refractivity contribution >= 4 is 40.8 Å². The van der Waals surface area contributed by atoms with E-state index in [2.05, 4.69) is 0 Å². The SMILES string of the molecule is O=C1O[C@H](C(Cl)(Cl)Cl)N2CCC[C@@H]12. The van der Waals surface area contributed by atoms with E-state index in [1.807, 2.05) is 4.90 Å². The number of rotatable bonds is 0. The van der Waals surface area contributed by atoms with Crippen molar-refractivity contribution in [1.82, 2.24) is 4.90 Å². The average molecular weight is 245 g/mol. The summed E-state index contributed by atoms with van der Waals surface area (Å²) in [6.07, 6.45) is 1.05. The highest BCUT2D eigenvalue weighted by Crippen LogP contribution is 2.41. The van der Waals surface area contributed by atoms with E-state index in [4.69, 9.17) is 39.5 Å². The van der Waals surface area contributed by atoms with Gasteiger partial charge in [0.2, 0.25) is 10.0 Å². The minimum Gasteiger partial charge on any atom is -0.440 e. The monoisotopic (exact) mass is 243 g/mol. The van der Waals surface area contributed by atoms with Crippen LogP contribution in [0.2, 0.25) is 0 Å². The van der Waals surface area contributed by atoms with Crippen molar-refractivity contribution in [2.45, 2.75) is 28.9 Å². The van der Waals surface area contributed by atoms with E-state index in [9.17, 15) is 4.79 Å². The van der Waals surface area contributed by atoms with E-state index in [-0.39, 0.29) is 12.0 Å². The van der Waals surface area contributed by atoms with Crippen LogP contribution < -0.4 is 0 Å². The summed E-state index contributed by atoms with van der Waals surface area (Å²) >= 11 is 17.0. The summed E-state index contributed by atoms with van der Waals surface area (Å²) < 4.78 is 3.44. The van der Waals surface area contributed by atoms with E-state index in [1.54, 1.807) is 0 Å². The molecular formula is C7H8Cl3NO2. The Hall–Kier alpha value is 0.300. The summed E-state index contributed by atoms with van der Waals surface area (Å²) in [5.74, 6) is -0.270. The van der Waals surface area contributed by atoms with Crippen molar-refractivity contribution in [3.8, 4) is 0 Å². The molecule has 0 aromatic heterocycles. The van der Waals surface area contributed by atoms with Crippen LogP contribution in [0.1, 0.15) is 12.8 Å². The molecule has 2 heterocycles. The fourth-order valence-electron chi connectivity index (χ4n) is 1.83. The number of halogens is 3. The lowest BCUT2D eigenvalue weighted by molar-refractivity contribution is -0.142. The minimum atomic E-state index is -1.55. The quantitative estimate of drug-likeness (QED) is 0.480. The number of cyclic esters (lactones) is 1. The normalized spacial score (nSPS) is 34.8. The predicted octanol–water partition coefficient (Wildman–Crippen LogP) is 1.70. The lowest BCUT2D eigenvalue weighted by Crippen LogP contribution is -2.41. The van der Waals surface area contributed by atoms with Gasteiger partial charge in [0.05, 0.1) is 0 Å². The lowest BCUT2D eigenvalue weighted by atomic mass is 10.2. The van der Waals surface area contributed by atoms with Gasteiger partial charge in [0, 0.05) is 6.54 Å². The van der Waals surface area contributed by atoms with Crippen LogP contribution in [0.25, 0.3) is 0 Å². The molecule has 2 aliphatic heterocycles. The summed E-state index contributed by atoms with van der Waals surface area (Å²) in [7, 11) is 0. The standard InChI is InChI=1S/C7H8Cl3NO2/c8-7(9,10)6-11-3-1-2-4(11)5(12)13-6/h4,6H,1-3H2/t4-,6+/m0/s1. The van der Waals surface area contributed by atoms with Gasteiger partial charge in [-0.25, -0.2) is 0 Å². The molecule has 0 spiro atoms. The van der Waals surface area contributed by atoms with E-state index in [0.29, 0.717) is 0 Å². The van der Waals surface area contributed by atoms with Crippen LogP contribution in [0.15, 0.2) is 0 Å². The molecule has 0 unspecified atom stereocenters. The molecule has 2 saturated heterocycles. The number of alkyl halides is 3. The van der Waals surface area contributed by atoms with Gasteiger partial charge >= 0.3 is 5.97 Å². The van der Waals surface area contributed by atoms with Crippen molar-refractivity contribution in [2.75, 3.05) is 6.54 Å². The Morgan fingerprint density at radius 2 is 2.15 bits per heavy atom. The molecule has 3 nitrogen and oxygen atoms in total. The van der Waals surface area contributed by atoms with E-state index >= 15 is 0 Å². The highest BCUT2D eigenvalue weighted by Gasteiger charge is 2.52. The number of ether oxygens (including phenoxy) is 1. The Kier molecular flexibility index (Phi) is 2.39. The van der Waals surface area contributed by atoms with Crippen LogP contribution in [-0.4, -0.2) is 33.5 Å². The van der Waals surface area contributed by atoms with E-state index in [0.717, 1.165) is 19.4 Å². The van der Waals surface area contributed by atoms with Crippen molar-refractivity contribution in [3.63, 3.8) is 0 Å². The van der Waals surface area contributed by atoms with Gasteiger partial charge in [-0.2, -0.15) is 0 Å². The Labute approximate surface area is 90.9 Å². The summed E-state index contributed by atoms with van der Waals surface area (Å²) in [5, 5.41) is 0. The van der Waals surface area contributed by atoms with Crippen molar-refractivity contribution < 1.29 is 9.53 Å². The summed E-state index contributed by atoms with van der Waals surface area (Å²) in [6, 6.07) is -0.194. The molecular weight excluding hydrogens is 236 g/mol. The number of fused-ring (bicyclic) bond motifs is 1. The Balaban J connectivity index is 2.20.